The van der Waals surface area contributed by atoms with Crippen LogP contribution < -0.4 is 16.0 Å². The highest BCUT2D eigenvalue weighted by atomic mass is 16.2. The maximum atomic E-state index is 12.4. The zero-order chi connectivity index (χ0) is 24.5. The Labute approximate surface area is 196 Å². The lowest BCUT2D eigenvalue weighted by Crippen LogP contribution is -2.52. The highest BCUT2D eigenvalue weighted by molar-refractivity contribution is 5.86. The summed E-state index contributed by atoms with van der Waals surface area (Å²) < 4.78 is 0. The minimum atomic E-state index is -0.425. The Kier molecular flexibility index (Phi) is 10.7. The zero-order valence-corrected chi connectivity index (χ0v) is 21.6. The first-order valence-corrected chi connectivity index (χ1v) is 12.0. The lowest BCUT2D eigenvalue weighted by molar-refractivity contribution is -0.121. The average molecular weight is 445 g/mol. The van der Waals surface area contributed by atoms with Crippen molar-refractivity contribution in [3.63, 3.8) is 0 Å². The fraction of sp³-hybridized carbons (Fsp3) is 0.667. The first-order valence-electron chi connectivity index (χ1n) is 12.0. The molecule has 5 nitrogen and oxygen atoms in total. The highest BCUT2D eigenvalue weighted by Gasteiger charge is 2.25. The third kappa shape index (κ3) is 11.5. The molecule has 1 unspecified atom stereocenters. The Morgan fingerprint density at radius 2 is 1.66 bits per heavy atom. The fourth-order valence-corrected chi connectivity index (χ4v) is 3.41. The number of nitrogens with one attached hydrogen (secondary N) is 1. The molecule has 32 heavy (non-hydrogen) atoms. The predicted octanol–water partition coefficient (Wildman–Crippen LogP) is 5.13. The van der Waals surface area contributed by atoms with E-state index in [2.05, 4.69) is 69.1 Å². The summed E-state index contributed by atoms with van der Waals surface area (Å²) in [5, 5.41) is 3.10. The monoisotopic (exact) mass is 444 g/mol. The molecule has 1 aromatic rings. The molecular formula is C27H46N3O2. The Morgan fingerprint density at radius 1 is 1.06 bits per heavy atom. The molecule has 181 valence electrons. The van der Waals surface area contributed by atoms with Gasteiger partial charge in [0.05, 0.1) is 12.0 Å². The number of carbonyl (C=O) groups is 2. The number of amides is 2. The van der Waals surface area contributed by atoms with E-state index in [9.17, 15) is 9.59 Å². The molecule has 0 saturated carbocycles. The Balaban J connectivity index is 2.82. The molecule has 0 fully saturated rings. The van der Waals surface area contributed by atoms with Crippen LogP contribution in [0.15, 0.2) is 24.3 Å². The topological polar surface area (TPSA) is 75.4 Å². The van der Waals surface area contributed by atoms with Crippen molar-refractivity contribution >= 4 is 17.5 Å². The Bertz CT molecular complexity index is 717. The number of primary amides is 1. The van der Waals surface area contributed by atoms with Gasteiger partial charge in [0, 0.05) is 24.7 Å². The second-order valence-electron chi connectivity index (χ2n) is 11.4. The quantitative estimate of drug-likeness (QED) is 0.443. The summed E-state index contributed by atoms with van der Waals surface area (Å²) in [6, 6.07) is 8.87. The molecule has 0 spiro atoms. The van der Waals surface area contributed by atoms with Crippen molar-refractivity contribution in [3.05, 3.63) is 36.2 Å². The van der Waals surface area contributed by atoms with Gasteiger partial charge in [0.1, 0.15) is 0 Å². The lowest BCUT2D eigenvalue weighted by Gasteiger charge is -2.35. The Hall–Kier alpha value is -2.04. The van der Waals surface area contributed by atoms with Crippen LogP contribution in [-0.2, 0) is 16.0 Å². The highest BCUT2D eigenvalue weighted by Crippen LogP contribution is 2.24. The predicted molar refractivity (Wildman–Crippen MR) is 135 cm³/mol. The normalized spacial score (nSPS) is 13.2. The van der Waals surface area contributed by atoms with Crippen LogP contribution in [0.4, 0.5) is 5.69 Å². The van der Waals surface area contributed by atoms with Crippen LogP contribution in [0.2, 0.25) is 0 Å². The van der Waals surface area contributed by atoms with Crippen molar-refractivity contribution in [1.82, 2.24) is 5.32 Å². The number of hydrogen-bond acceptors (Lipinski definition) is 3. The van der Waals surface area contributed by atoms with Gasteiger partial charge in [-0.25, -0.2) is 0 Å². The van der Waals surface area contributed by atoms with Crippen molar-refractivity contribution in [2.24, 2.45) is 23.0 Å². The molecule has 0 aliphatic rings. The van der Waals surface area contributed by atoms with E-state index in [1.807, 2.05) is 13.8 Å². The number of carbonyl (C=O) groups excluding carboxylic acids is 2. The largest absolute Gasteiger partial charge is 0.369 e. The van der Waals surface area contributed by atoms with Crippen molar-refractivity contribution < 1.29 is 9.59 Å². The van der Waals surface area contributed by atoms with E-state index < -0.39 is 5.54 Å². The van der Waals surface area contributed by atoms with E-state index in [0.717, 1.165) is 25.8 Å². The molecule has 0 aromatic heterocycles. The van der Waals surface area contributed by atoms with Crippen LogP contribution in [0, 0.1) is 23.7 Å². The van der Waals surface area contributed by atoms with Gasteiger partial charge in [0.25, 0.3) is 0 Å². The van der Waals surface area contributed by atoms with Gasteiger partial charge < -0.3 is 16.0 Å². The van der Waals surface area contributed by atoms with E-state index >= 15 is 0 Å². The number of rotatable bonds is 13. The molecular weight excluding hydrogens is 398 g/mol. The average Bonchev–Trinajstić information content (AvgIpc) is 2.67. The Morgan fingerprint density at radius 3 is 2.16 bits per heavy atom. The number of aryl methyl sites for hydroxylation is 1. The number of nitrogens with two attached hydrogens (primary N) is 1. The second-order valence-corrected chi connectivity index (χ2v) is 11.4. The van der Waals surface area contributed by atoms with Crippen LogP contribution in [-0.4, -0.2) is 30.4 Å². The number of benzene rings is 1. The van der Waals surface area contributed by atoms with Crippen molar-refractivity contribution in [2.45, 2.75) is 86.6 Å². The van der Waals surface area contributed by atoms with Crippen molar-refractivity contribution in [1.29, 1.82) is 0 Å². The molecule has 2 amide bonds. The summed E-state index contributed by atoms with van der Waals surface area (Å²) in [4.78, 5) is 26.0. The van der Waals surface area contributed by atoms with E-state index in [-0.39, 0.29) is 17.7 Å². The third-order valence-electron chi connectivity index (χ3n) is 5.63. The van der Waals surface area contributed by atoms with Crippen LogP contribution in [0.1, 0.15) is 80.2 Å². The van der Waals surface area contributed by atoms with Gasteiger partial charge in [0.2, 0.25) is 11.8 Å². The number of hydrogen-bond donors (Lipinski definition) is 2. The molecule has 0 heterocycles. The van der Waals surface area contributed by atoms with Crippen LogP contribution in [0.5, 0.6) is 0 Å². The summed E-state index contributed by atoms with van der Waals surface area (Å²) in [5.41, 5.74) is 7.73. The van der Waals surface area contributed by atoms with Gasteiger partial charge in [-0.3, -0.25) is 9.59 Å². The standard InChI is InChI=1S/C27H46N3O2/c1-20(2)16-18-30(23-12-10-22(11-13-23)15-17-26(4,5)6)19-27(7,8)29-24(31)14-9-21(3)25(28)32/h10-14,20-21H,9,15-19H2,1-8H3,(H2,28,32)(H,29,31). The molecule has 1 radical (unpaired) electrons. The van der Waals surface area contributed by atoms with Crippen LogP contribution >= 0.6 is 0 Å². The smallest absolute Gasteiger partial charge is 0.224 e. The van der Waals surface area contributed by atoms with Crippen molar-refractivity contribution in [3.8, 4) is 0 Å². The summed E-state index contributed by atoms with van der Waals surface area (Å²) in [5.74, 6) is -0.295. The molecule has 5 heteroatoms. The van der Waals surface area contributed by atoms with E-state index in [0.29, 0.717) is 24.3 Å². The molecule has 1 aromatic carbocycles. The van der Waals surface area contributed by atoms with Gasteiger partial charge >= 0.3 is 0 Å². The van der Waals surface area contributed by atoms with Crippen molar-refractivity contribution in [2.75, 3.05) is 18.0 Å². The fourth-order valence-electron chi connectivity index (χ4n) is 3.41. The summed E-state index contributed by atoms with van der Waals surface area (Å²) >= 11 is 0. The van der Waals surface area contributed by atoms with Gasteiger partial charge in [0.15, 0.2) is 0 Å². The maximum Gasteiger partial charge on any atom is 0.224 e. The van der Waals surface area contributed by atoms with Crippen LogP contribution in [0.3, 0.4) is 0 Å². The molecule has 0 saturated heterocycles. The van der Waals surface area contributed by atoms with Gasteiger partial charge in [-0.2, -0.15) is 0 Å². The maximum absolute atomic E-state index is 12.4. The minimum absolute atomic E-state index is 0.163. The number of anilines is 1. The molecule has 0 aliphatic heterocycles. The summed E-state index contributed by atoms with van der Waals surface area (Å²) in [6.45, 7) is 18.7. The molecule has 1 atom stereocenters. The first-order chi connectivity index (χ1) is 14.7. The molecule has 0 aliphatic carbocycles. The molecule has 0 bridgehead atoms. The molecule has 1 rings (SSSR count). The minimum Gasteiger partial charge on any atom is -0.369 e. The summed E-state index contributed by atoms with van der Waals surface area (Å²) in [6.07, 6.45) is 5.20. The summed E-state index contributed by atoms with van der Waals surface area (Å²) in [7, 11) is 0. The van der Waals surface area contributed by atoms with Gasteiger partial charge in [-0.05, 0) is 68.6 Å². The van der Waals surface area contributed by atoms with E-state index in [1.54, 1.807) is 6.92 Å². The van der Waals surface area contributed by atoms with E-state index in [1.165, 1.54) is 17.7 Å². The number of nitrogens with zero attached hydrogens (tertiary/aromatic N) is 1. The first kappa shape index (κ1) is 28.0. The SMILES string of the molecule is CC(C)CCN(CC(C)(C)NC(=O)[CH]CC(C)C(N)=O)c1ccc(CCC(C)(C)C)cc1. The zero-order valence-electron chi connectivity index (χ0n) is 21.6. The van der Waals surface area contributed by atoms with Gasteiger partial charge in [-0.15, -0.1) is 0 Å². The lowest BCUT2D eigenvalue weighted by atomic mass is 9.88. The van der Waals surface area contributed by atoms with Gasteiger partial charge in [-0.1, -0.05) is 53.7 Å². The van der Waals surface area contributed by atoms with E-state index in [4.69, 9.17) is 5.73 Å². The second kappa shape index (κ2) is 12.3. The van der Waals surface area contributed by atoms with Crippen LogP contribution in [0.25, 0.3) is 0 Å². The molecule has 3 N–H and O–H groups in total. The third-order valence-corrected chi connectivity index (χ3v) is 5.63.